The summed E-state index contributed by atoms with van der Waals surface area (Å²) in [5, 5.41) is 8.99. The number of carbonyl (C=O) groups excluding carboxylic acids is 1. The summed E-state index contributed by atoms with van der Waals surface area (Å²) >= 11 is 0. The maximum atomic E-state index is 12.1. The Hall–Kier alpha value is -2.89. The molecule has 0 unspecified atom stereocenters. The van der Waals surface area contributed by atoms with Crippen molar-refractivity contribution >= 4 is 11.6 Å². The largest absolute Gasteiger partial charge is 0.352 e. The van der Waals surface area contributed by atoms with E-state index in [9.17, 15) is 9.59 Å². The van der Waals surface area contributed by atoms with Crippen LogP contribution in [-0.4, -0.2) is 27.0 Å². The van der Waals surface area contributed by atoms with Gasteiger partial charge in [0.2, 0.25) is 0 Å². The van der Waals surface area contributed by atoms with Crippen molar-refractivity contribution in [3.63, 3.8) is 0 Å². The molecule has 1 amide bonds. The predicted octanol–water partition coefficient (Wildman–Crippen LogP) is 0.995. The summed E-state index contributed by atoms with van der Waals surface area (Å²) in [7, 11) is 0. The Morgan fingerprint density at radius 3 is 2.81 bits per heavy atom. The predicted molar refractivity (Wildman–Crippen MR) is 78.3 cm³/mol. The fourth-order valence-corrected chi connectivity index (χ4v) is 2.11. The van der Waals surface area contributed by atoms with Gasteiger partial charge in [-0.1, -0.05) is 30.3 Å². The Morgan fingerprint density at radius 1 is 1.19 bits per heavy atom. The third-order valence-corrected chi connectivity index (χ3v) is 3.22. The number of pyridine rings is 1. The van der Waals surface area contributed by atoms with Crippen LogP contribution in [0.15, 0.2) is 53.5 Å². The minimum Gasteiger partial charge on any atom is -0.352 e. The lowest BCUT2D eigenvalue weighted by Gasteiger charge is -2.05. The molecule has 0 aliphatic heterocycles. The second-order valence-corrected chi connectivity index (χ2v) is 4.67. The number of nitrogens with zero attached hydrogens (tertiary/aromatic N) is 2. The average molecular weight is 282 g/mol. The van der Waals surface area contributed by atoms with Crippen LogP contribution in [0.25, 0.3) is 5.65 Å². The van der Waals surface area contributed by atoms with E-state index in [2.05, 4.69) is 15.5 Å². The molecule has 2 heterocycles. The van der Waals surface area contributed by atoms with E-state index < -0.39 is 0 Å². The molecule has 6 nitrogen and oxygen atoms in total. The van der Waals surface area contributed by atoms with Gasteiger partial charge < -0.3 is 5.32 Å². The molecule has 21 heavy (non-hydrogen) atoms. The fourth-order valence-electron chi connectivity index (χ4n) is 2.11. The Kier molecular flexibility index (Phi) is 3.51. The van der Waals surface area contributed by atoms with Gasteiger partial charge in [0.25, 0.3) is 5.91 Å². The topological polar surface area (TPSA) is 79.3 Å². The van der Waals surface area contributed by atoms with Crippen LogP contribution in [0.2, 0.25) is 0 Å². The monoisotopic (exact) mass is 282 g/mol. The molecule has 3 rings (SSSR count). The number of aromatic amines is 1. The number of aromatic nitrogens is 3. The van der Waals surface area contributed by atoms with Gasteiger partial charge in [0.15, 0.2) is 5.65 Å². The van der Waals surface area contributed by atoms with Crippen LogP contribution in [0.4, 0.5) is 0 Å². The summed E-state index contributed by atoms with van der Waals surface area (Å²) in [6.07, 6.45) is 2.25. The molecule has 0 atom stereocenters. The Morgan fingerprint density at radius 2 is 2.00 bits per heavy atom. The summed E-state index contributed by atoms with van der Waals surface area (Å²) in [6, 6.07) is 13.2. The smallest absolute Gasteiger partial charge is 0.347 e. The van der Waals surface area contributed by atoms with E-state index >= 15 is 0 Å². The van der Waals surface area contributed by atoms with Crippen LogP contribution in [0.1, 0.15) is 15.9 Å². The van der Waals surface area contributed by atoms with Crippen LogP contribution in [0.3, 0.4) is 0 Å². The molecule has 2 aromatic heterocycles. The van der Waals surface area contributed by atoms with Crippen molar-refractivity contribution in [1.29, 1.82) is 0 Å². The Balaban J connectivity index is 1.66. The molecule has 6 heteroatoms. The summed E-state index contributed by atoms with van der Waals surface area (Å²) in [5.41, 5.74) is 1.73. The summed E-state index contributed by atoms with van der Waals surface area (Å²) in [4.78, 5) is 23.5. The number of amides is 1. The van der Waals surface area contributed by atoms with Crippen LogP contribution < -0.4 is 11.0 Å². The highest BCUT2D eigenvalue weighted by atomic mass is 16.2. The molecule has 0 saturated heterocycles. The van der Waals surface area contributed by atoms with Gasteiger partial charge in [0, 0.05) is 12.7 Å². The molecule has 3 aromatic rings. The van der Waals surface area contributed by atoms with E-state index in [4.69, 9.17) is 0 Å². The Labute approximate surface area is 120 Å². The second kappa shape index (κ2) is 5.62. The van der Waals surface area contributed by atoms with Crippen LogP contribution in [0, 0.1) is 0 Å². The number of hydrogen-bond donors (Lipinski definition) is 2. The number of carbonyl (C=O) groups is 1. The van der Waals surface area contributed by atoms with Gasteiger partial charge in [-0.2, -0.15) is 5.10 Å². The van der Waals surface area contributed by atoms with Crippen molar-refractivity contribution in [2.45, 2.75) is 6.42 Å². The van der Waals surface area contributed by atoms with Crippen molar-refractivity contribution in [2.24, 2.45) is 0 Å². The molecule has 1 aromatic carbocycles. The first-order valence-electron chi connectivity index (χ1n) is 6.63. The second-order valence-electron chi connectivity index (χ2n) is 4.67. The molecule has 0 bridgehead atoms. The summed E-state index contributed by atoms with van der Waals surface area (Å²) in [6.45, 7) is 0.543. The number of fused-ring (bicyclic) bond motifs is 1. The van der Waals surface area contributed by atoms with E-state index in [0.717, 1.165) is 6.42 Å². The van der Waals surface area contributed by atoms with Gasteiger partial charge in [-0.3, -0.25) is 4.79 Å². The third kappa shape index (κ3) is 2.84. The first-order chi connectivity index (χ1) is 10.2. The Bertz CT molecular complexity index is 820. The third-order valence-electron chi connectivity index (χ3n) is 3.22. The van der Waals surface area contributed by atoms with Gasteiger partial charge in [-0.15, -0.1) is 0 Å². The number of H-pyrrole nitrogens is 1. The maximum Gasteiger partial charge on any atom is 0.347 e. The lowest BCUT2D eigenvalue weighted by Crippen LogP contribution is -2.26. The molecule has 0 spiro atoms. The highest BCUT2D eigenvalue weighted by Crippen LogP contribution is 2.02. The number of hydrogen-bond acceptors (Lipinski definition) is 3. The molecule has 0 saturated carbocycles. The zero-order valence-corrected chi connectivity index (χ0v) is 11.2. The molecule has 0 aliphatic rings. The van der Waals surface area contributed by atoms with Crippen LogP contribution in [0.5, 0.6) is 0 Å². The van der Waals surface area contributed by atoms with Crippen molar-refractivity contribution in [1.82, 2.24) is 19.9 Å². The summed E-state index contributed by atoms with van der Waals surface area (Å²) < 4.78 is 1.31. The number of rotatable bonds is 4. The highest BCUT2D eigenvalue weighted by molar-refractivity contribution is 5.94. The molecule has 0 aliphatic carbocycles. The van der Waals surface area contributed by atoms with Crippen molar-refractivity contribution in [3.05, 3.63) is 70.3 Å². The quantitative estimate of drug-likeness (QED) is 0.749. The lowest BCUT2D eigenvalue weighted by atomic mass is 10.1. The van der Waals surface area contributed by atoms with E-state index in [1.165, 1.54) is 16.2 Å². The molecular weight excluding hydrogens is 268 g/mol. The van der Waals surface area contributed by atoms with Crippen LogP contribution in [-0.2, 0) is 6.42 Å². The van der Waals surface area contributed by atoms with Gasteiger partial charge in [-0.05, 0) is 24.1 Å². The standard InChI is InChI=1S/C15H14N4O2/c20-14(16-9-8-11-4-2-1-3-5-11)12-6-7-13-17-18-15(21)19(13)10-12/h1-7,10H,8-9H2,(H,16,20)(H,18,21). The molecular formula is C15H14N4O2. The fraction of sp³-hybridized carbons (Fsp3) is 0.133. The minimum absolute atomic E-state index is 0.207. The minimum atomic E-state index is -0.357. The van der Waals surface area contributed by atoms with Gasteiger partial charge >= 0.3 is 5.69 Å². The van der Waals surface area contributed by atoms with Gasteiger partial charge in [0.05, 0.1) is 5.56 Å². The van der Waals surface area contributed by atoms with Crippen molar-refractivity contribution in [2.75, 3.05) is 6.54 Å². The molecule has 0 radical (unpaired) electrons. The first-order valence-corrected chi connectivity index (χ1v) is 6.63. The van der Waals surface area contributed by atoms with Crippen LogP contribution >= 0.6 is 0 Å². The average Bonchev–Trinajstić information content (AvgIpc) is 2.89. The summed E-state index contributed by atoms with van der Waals surface area (Å²) in [5.74, 6) is -0.207. The zero-order valence-electron chi connectivity index (χ0n) is 11.2. The van der Waals surface area contributed by atoms with Crippen molar-refractivity contribution < 1.29 is 4.79 Å². The molecule has 106 valence electrons. The molecule has 0 fully saturated rings. The maximum absolute atomic E-state index is 12.1. The van der Waals surface area contributed by atoms with E-state index in [-0.39, 0.29) is 11.6 Å². The van der Waals surface area contributed by atoms with E-state index in [1.54, 1.807) is 12.1 Å². The highest BCUT2D eigenvalue weighted by Gasteiger charge is 2.08. The normalized spacial score (nSPS) is 10.7. The van der Waals surface area contributed by atoms with E-state index in [1.807, 2.05) is 30.3 Å². The van der Waals surface area contributed by atoms with Crippen molar-refractivity contribution in [3.8, 4) is 0 Å². The first kappa shape index (κ1) is 13.1. The number of nitrogens with one attached hydrogen (secondary N) is 2. The lowest BCUT2D eigenvalue weighted by molar-refractivity contribution is 0.0953. The zero-order chi connectivity index (χ0) is 14.7. The van der Waals surface area contributed by atoms with E-state index in [0.29, 0.717) is 17.8 Å². The molecule has 2 N–H and O–H groups in total. The van der Waals surface area contributed by atoms with Gasteiger partial charge in [0.1, 0.15) is 0 Å². The SMILES string of the molecule is O=C(NCCc1ccccc1)c1ccc2n[nH]c(=O)n2c1. The number of benzene rings is 1. The van der Waals surface area contributed by atoms with Gasteiger partial charge in [-0.25, -0.2) is 14.3 Å².